The van der Waals surface area contributed by atoms with Crippen LogP contribution in [0.25, 0.3) is 21.6 Å². The van der Waals surface area contributed by atoms with Crippen LogP contribution in [0.15, 0.2) is 60.0 Å². The van der Waals surface area contributed by atoms with E-state index in [1.807, 2.05) is 5.38 Å². The third kappa shape index (κ3) is 7.73. The van der Waals surface area contributed by atoms with E-state index in [0.717, 1.165) is 0 Å². The van der Waals surface area contributed by atoms with Crippen molar-refractivity contribution in [1.82, 2.24) is 9.97 Å². The summed E-state index contributed by atoms with van der Waals surface area (Å²) in [5, 5.41) is 8.35. The smallest absolute Gasteiger partial charge is 0.365 e. The number of nitrogens with zero attached hydrogens (tertiary/aromatic N) is 2. The van der Waals surface area contributed by atoms with Crippen LogP contribution in [-0.2, 0) is 27.2 Å². The summed E-state index contributed by atoms with van der Waals surface area (Å²) < 4.78 is 55.8. The van der Waals surface area contributed by atoms with Crippen molar-refractivity contribution in [1.29, 1.82) is 0 Å². The number of hydrogen-bond acceptors (Lipinski definition) is 12. The van der Waals surface area contributed by atoms with Gasteiger partial charge in [-0.1, -0.05) is 12.1 Å². The van der Waals surface area contributed by atoms with Gasteiger partial charge in [-0.05, 0) is 75.5 Å². The molecule has 2 aromatic carbocycles. The van der Waals surface area contributed by atoms with Crippen LogP contribution in [0.3, 0.4) is 0 Å². The van der Waals surface area contributed by atoms with E-state index >= 15 is 0 Å². The van der Waals surface area contributed by atoms with Gasteiger partial charge in [0.15, 0.2) is 5.82 Å². The van der Waals surface area contributed by atoms with Crippen LogP contribution in [0.5, 0.6) is 5.75 Å². The molecule has 2 heterocycles. The second-order valence-electron chi connectivity index (χ2n) is 9.07. The molecule has 15 heteroatoms. The van der Waals surface area contributed by atoms with Crippen molar-refractivity contribution >= 4 is 54.2 Å². The fourth-order valence-electron chi connectivity index (χ4n) is 4.30. The Morgan fingerprint density at radius 3 is 2.05 bits per heavy atom. The zero-order valence-electron chi connectivity index (χ0n) is 25.1. The van der Waals surface area contributed by atoms with Crippen molar-refractivity contribution in [2.24, 2.45) is 0 Å². The summed E-state index contributed by atoms with van der Waals surface area (Å²) in [6, 6.07) is 15.6. The number of aromatic nitrogens is 2. The summed E-state index contributed by atoms with van der Waals surface area (Å²) in [4.78, 5) is 23.1. The third-order valence-corrected chi connectivity index (χ3v) is 12.6. The molecule has 2 aromatic heterocycles. The van der Waals surface area contributed by atoms with Gasteiger partial charge in [0.25, 0.3) is 5.91 Å². The number of ether oxygens (including phenoxy) is 1. The van der Waals surface area contributed by atoms with E-state index in [4.69, 9.17) is 32.8 Å². The molecule has 0 saturated carbocycles. The van der Waals surface area contributed by atoms with Crippen LogP contribution in [0, 0.1) is 0 Å². The molecule has 0 saturated heterocycles. The van der Waals surface area contributed by atoms with Gasteiger partial charge in [-0.2, -0.15) is 0 Å². The zero-order chi connectivity index (χ0) is 31.7. The molecule has 0 unspecified atom stereocenters. The number of rotatable bonds is 16. The quantitative estimate of drug-likeness (QED) is 0.113. The number of fused-ring (bicyclic) bond motifs is 1. The van der Waals surface area contributed by atoms with Crippen LogP contribution in [-0.4, -0.2) is 54.9 Å². The number of carbonyl (C=O) groups excluding carboxylic acids is 1. The minimum Gasteiger partial charge on any atom is -0.497 e. The van der Waals surface area contributed by atoms with Crippen LogP contribution in [0.2, 0.25) is 0 Å². The molecule has 1 amide bonds. The lowest BCUT2D eigenvalue weighted by Crippen LogP contribution is -2.26. The molecule has 2 N–H and O–H groups in total. The monoisotopic (exact) mass is 662 g/mol. The second-order valence-corrected chi connectivity index (χ2v) is 14.6. The first-order valence-electron chi connectivity index (χ1n) is 14.0. The molecular formula is C29H36N4O8P2S. The molecule has 0 aliphatic carbocycles. The maximum Gasteiger partial charge on any atom is 0.365 e. The highest BCUT2D eigenvalue weighted by Gasteiger charge is 2.51. The maximum absolute atomic E-state index is 14.1. The topological polar surface area (TPSA) is 147 Å². The number of amides is 1. The van der Waals surface area contributed by atoms with Crippen molar-refractivity contribution in [2.45, 2.75) is 33.2 Å². The Hall–Kier alpha value is -3.15. The van der Waals surface area contributed by atoms with Gasteiger partial charge in [-0.15, -0.1) is 11.3 Å². The summed E-state index contributed by atoms with van der Waals surface area (Å²) in [6.45, 7) is 6.76. The van der Waals surface area contributed by atoms with Gasteiger partial charge in [0.05, 0.1) is 38.9 Å². The predicted molar refractivity (Wildman–Crippen MR) is 173 cm³/mol. The first kappa shape index (κ1) is 33.7. The average molecular weight is 663 g/mol. The van der Waals surface area contributed by atoms with Crippen molar-refractivity contribution < 1.29 is 36.8 Å². The summed E-state index contributed by atoms with van der Waals surface area (Å²) in [6.07, 6.45) is 0. The Morgan fingerprint density at radius 1 is 0.864 bits per heavy atom. The molecular weight excluding hydrogens is 626 g/mol. The molecule has 0 fully saturated rings. The van der Waals surface area contributed by atoms with Crippen molar-refractivity contribution in [3.05, 3.63) is 65.5 Å². The van der Waals surface area contributed by atoms with Crippen LogP contribution in [0.1, 0.15) is 38.1 Å². The number of benzene rings is 2. The third-order valence-electron chi connectivity index (χ3n) is 6.16. The van der Waals surface area contributed by atoms with E-state index in [-0.39, 0.29) is 44.0 Å². The molecule has 236 valence electrons. The van der Waals surface area contributed by atoms with E-state index in [2.05, 4.69) is 10.6 Å². The van der Waals surface area contributed by atoms with Gasteiger partial charge in [0.2, 0.25) is 5.52 Å². The normalized spacial score (nSPS) is 12.0. The SMILES string of the molecule is CCOP(=O)(OCC)C(Nc1nc(-c2cccc(C(=O)Nc3ccc(OC)cc3)c2)nc2sccc12)P(=O)(OCC)OCC. The van der Waals surface area contributed by atoms with E-state index in [1.54, 1.807) is 89.4 Å². The molecule has 4 rings (SSSR count). The number of thiophene rings is 1. The number of carbonyl (C=O) groups is 1. The summed E-state index contributed by atoms with van der Waals surface area (Å²) in [5.41, 5.74) is 0.0196. The number of hydrogen-bond donors (Lipinski definition) is 2. The summed E-state index contributed by atoms with van der Waals surface area (Å²) in [7, 11) is -6.68. The van der Waals surface area contributed by atoms with Crippen LogP contribution >= 0.6 is 26.5 Å². The van der Waals surface area contributed by atoms with E-state index in [0.29, 0.717) is 32.8 Å². The first-order chi connectivity index (χ1) is 21.2. The minimum atomic E-state index is -4.12. The minimum absolute atomic E-state index is 0.0297. The van der Waals surface area contributed by atoms with Gasteiger partial charge in [-0.25, -0.2) is 9.97 Å². The van der Waals surface area contributed by atoms with Gasteiger partial charge in [-0.3, -0.25) is 13.9 Å². The molecule has 0 bridgehead atoms. The number of anilines is 2. The van der Waals surface area contributed by atoms with Gasteiger partial charge in [0, 0.05) is 16.8 Å². The molecule has 0 aliphatic heterocycles. The number of methoxy groups -OCH3 is 1. The van der Waals surface area contributed by atoms with Crippen molar-refractivity contribution in [3.63, 3.8) is 0 Å². The molecule has 0 aliphatic rings. The van der Waals surface area contributed by atoms with Crippen LogP contribution < -0.4 is 15.4 Å². The fraction of sp³-hybridized carbons (Fsp3) is 0.345. The largest absolute Gasteiger partial charge is 0.497 e. The standard InChI is InChI=1S/C29H36N4O8P2S/c1-6-38-42(35,39-7-2)29(43(36,40-8-3)41-9-4)33-26-24-17-18-44-28(24)32-25(31-26)20-11-10-12-21(19-20)27(34)30-22-13-15-23(37-5)16-14-22/h10-19,29H,6-9H2,1-5H3,(H,30,34)(H,31,32,33). The summed E-state index contributed by atoms with van der Waals surface area (Å²) in [5.74, 6) is 0.862. The van der Waals surface area contributed by atoms with Gasteiger partial charge in [0.1, 0.15) is 16.4 Å². The van der Waals surface area contributed by atoms with Crippen LogP contribution in [0.4, 0.5) is 11.5 Å². The Labute approximate surface area is 260 Å². The number of nitrogens with one attached hydrogen (secondary N) is 2. The van der Waals surface area contributed by atoms with Gasteiger partial charge < -0.3 is 33.5 Å². The average Bonchev–Trinajstić information content (AvgIpc) is 3.50. The molecule has 0 radical (unpaired) electrons. The van der Waals surface area contributed by atoms with Crippen molar-refractivity contribution in [2.75, 3.05) is 44.2 Å². The molecule has 0 spiro atoms. The van der Waals surface area contributed by atoms with E-state index in [9.17, 15) is 13.9 Å². The molecule has 4 aromatic rings. The Morgan fingerprint density at radius 2 is 1.48 bits per heavy atom. The molecule has 12 nitrogen and oxygen atoms in total. The van der Waals surface area contributed by atoms with Gasteiger partial charge >= 0.3 is 15.2 Å². The Balaban J connectivity index is 1.75. The highest BCUT2D eigenvalue weighted by Crippen LogP contribution is 2.70. The first-order valence-corrected chi connectivity index (χ1v) is 18.2. The highest BCUT2D eigenvalue weighted by atomic mass is 32.1. The summed E-state index contributed by atoms with van der Waals surface area (Å²) >= 11 is 1.36. The second kappa shape index (κ2) is 15.2. The predicted octanol–water partition coefficient (Wildman–Crippen LogP) is 7.85. The van der Waals surface area contributed by atoms with E-state index in [1.165, 1.54) is 11.3 Å². The molecule has 0 atom stereocenters. The maximum atomic E-state index is 14.1. The van der Waals surface area contributed by atoms with E-state index < -0.39 is 20.7 Å². The van der Waals surface area contributed by atoms with Crippen molar-refractivity contribution in [3.8, 4) is 17.1 Å². The fourth-order valence-corrected chi connectivity index (χ4v) is 9.97. The zero-order valence-corrected chi connectivity index (χ0v) is 27.7. The lowest BCUT2D eigenvalue weighted by Gasteiger charge is -2.32. The lowest BCUT2D eigenvalue weighted by molar-refractivity contribution is 0.102. The highest BCUT2D eigenvalue weighted by molar-refractivity contribution is 7.73. The Bertz CT molecular complexity index is 1620. The Kier molecular flexibility index (Phi) is 11.7. The molecule has 44 heavy (non-hydrogen) atoms. The lowest BCUT2D eigenvalue weighted by atomic mass is 10.1.